The summed E-state index contributed by atoms with van der Waals surface area (Å²) in [6.07, 6.45) is -4.75. The van der Waals surface area contributed by atoms with Crippen molar-refractivity contribution in [3.8, 4) is 5.75 Å². The van der Waals surface area contributed by atoms with Crippen molar-refractivity contribution in [2.24, 2.45) is 0 Å². The number of fused-ring (bicyclic) bond motifs is 1. The second kappa shape index (κ2) is 4.48. The van der Waals surface area contributed by atoms with Crippen LogP contribution in [0.2, 0.25) is 10.0 Å². The van der Waals surface area contributed by atoms with Crippen LogP contribution in [0.15, 0.2) is 18.2 Å². The molecular weight excluding hydrogens is 290 g/mol. The van der Waals surface area contributed by atoms with Gasteiger partial charge in [-0.15, -0.1) is 13.2 Å². The van der Waals surface area contributed by atoms with Crippen LogP contribution in [0.5, 0.6) is 5.75 Å². The molecule has 0 amide bonds. The number of hydrogen-bond donors (Lipinski definition) is 0. The number of halogens is 5. The van der Waals surface area contributed by atoms with Gasteiger partial charge >= 0.3 is 6.36 Å². The van der Waals surface area contributed by atoms with Gasteiger partial charge < -0.3 is 4.74 Å². The molecule has 18 heavy (non-hydrogen) atoms. The quantitative estimate of drug-likeness (QED) is 0.757. The standard InChI is InChI=1S/C11H6Cl2F3NO/c1-5-9(12)10(13)7-4-6(18-11(14,15)16)2-3-8(7)17-5/h2-4H,1H3. The molecule has 1 aromatic carbocycles. The van der Waals surface area contributed by atoms with E-state index in [1.165, 1.54) is 12.1 Å². The van der Waals surface area contributed by atoms with E-state index >= 15 is 0 Å². The van der Waals surface area contributed by atoms with E-state index in [0.717, 1.165) is 6.07 Å². The zero-order valence-electron chi connectivity index (χ0n) is 8.98. The maximum atomic E-state index is 12.1. The Labute approximate surface area is 110 Å². The minimum atomic E-state index is -4.75. The van der Waals surface area contributed by atoms with Crippen LogP contribution in [0.25, 0.3) is 10.9 Å². The lowest BCUT2D eigenvalue weighted by Gasteiger charge is -2.10. The number of hydrogen-bond acceptors (Lipinski definition) is 2. The first kappa shape index (κ1) is 13.2. The van der Waals surface area contributed by atoms with Crippen molar-refractivity contribution in [1.82, 2.24) is 4.98 Å². The summed E-state index contributed by atoms with van der Waals surface area (Å²) >= 11 is 11.9. The Hall–Kier alpha value is -1.20. The third kappa shape index (κ3) is 2.62. The molecule has 7 heteroatoms. The van der Waals surface area contributed by atoms with E-state index < -0.39 is 6.36 Å². The zero-order chi connectivity index (χ0) is 13.5. The van der Waals surface area contributed by atoms with Gasteiger partial charge in [-0.2, -0.15) is 0 Å². The van der Waals surface area contributed by atoms with Gasteiger partial charge in [-0.1, -0.05) is 23.2 Å². The molecule has 1 heterocycles. The number of ether oxygens (including phenoxy) is 1. The van der Waals surface area contributed by atoms with Gasteiger partial charge in [0.25, 0.3) is 0 Å². The number of alkyl halides is 3. The average molecular weight is 296 g/mol. The molecule has 0 bridgehead atoms. The topological polar surface area (TPSA) is 22.1 Å². The molecule has 0 fully saturated rings. The van der Waals surface area contributed by atoms with Crippen molar-refractivity contribution < 1.29 is 17.9 Å². The van der Waals surface area contributed by atoms with Crippen LogP contribution in [0.1, 0.15) is 5.69 Å². The number of pyridine rings is 1. The number of aryl methyl sites for hydroxylation is 1. The van der Waals surface area contributed by atoms with Gasteiger partial charge in [-0.05, 0) is 25.1 Å². The summed E-state index contributed by atoms with van der Waals surface area (Å²) in [6.45, 7) is 1.66. The van der Waals surface area contributed by atoms with Gasteiger partial charge in [0.05, 0.1) is 21.3 Å². The molecule has 2 nitrogen and oxygen atoms in total. The van der Waals surface area contributed by atoms with Crippen LogP contribution in [0.3, 0.4) is 0 Å². The van der Waals surface area contributed by atoms with E-state index in [4.69, 9.17) is 23.2 Å². The van der Waals surface area contributed by atoms with Crippen molar-refractivity contribution in [1.29, 1.82) is 0 Å². The Bertz CT molecular complexity index is 613. The highest BCUT2D eigenvalue weighted by Crippen LogP contribution is 2.34. The lowest BCUT2D eigenvalue weighted by molar-refractivity contribution is -0.274. The monoisotopic (exact) mass is 295 g/mol. The Morgan fingerprint density at radius 1 is 1.17 bits per heavy atom. The van der Waals surface area contributed by atoms with Gasteiger partial charge in [-0.3, -0.25) is 4.98 Å². The van der Waals surface area contributed by atoms with Gasteiger partial charge in [0.1, 0.15) is 5.75 Å². The van der Waals surface area contributed by atoms with Crippen LogP contribution < -0.4 is 4.74 Å². The Morgan fingerprint density at radius 2 is 1.83 bits per heavy atom. The molecule has 2 aromatic rings. The van der Waals surface area contributed by atoms with Gasteiger partial charge in [0.2, 0.25) is 0 Å². The molecule has 0 aliphatic carbocycles. The largest absolute Gasteiger partial charge is 0.573 e. The molecule has 0 N–H and O–H groups in total. The number of rotatable bonds is 1. The van der Waals surface area contributed by atoms with Crippen LogP contribution in [0, 0.1) is 6.92 Å². The van der Waals surface area contributed by atoms with Gasteiger partial charge in [0, 0.05) is 5.39 Å². The van der Waals surface area contributed by atoms with Crippen LogP contribution in [-0.2, 0) is 0 Å². The second-order valence-electron chi connectivity index (χ2n) is 3.55. The van der Waals surface area contributed by atoms with E-state index in [1.54, 1.807) is 6.92 Å². The predicted molar refractivity (Wildman–Crippen MR) is 63.2 cm³/mol. The van der Waals surface area contributed by atoms with Crippen molar-refractivity contribution in [2.75, 3.05) is 0 Å². The first-order chi connectivity index (χ1) is 8.28. The maximum Gasteiger partial charge on any atom is 0.573 e. The van der Waals surface area contributed by atoms with Crippen LogP contribution in [-0.4, -0.2) is 11.3 Å². The minimum Gasteiger partial charge on any atom is -0.406 e. The van der Waals surface area contributed by atoms with Gasteiger partial charge in [0.15, 0.2) is 0 Å². The summed E-state index contributed by atoms with van der Waals surface area (Å²) in [5, 5.41) is 0.689. The highest BCUT2D eigenvalue weighted by atomic mass is 35.5. The van der Waals surface area contributed by atoms with E-state index in [-0.39, 0.29) is 15.8 Å². The average Bonchev–Trinajstić information content (AvgIpc) is 2.25. The minimum absolute atomic E-state index is 0.159. The summed E-state index contributed by atoms with van der Waals surface area (Å²) in [5.41, 5.74) is 0.968. The summed E-state index contributed by atoms with van der Waals surface area (Å²) in [7, 11) is 0. The lowest BCUT2D eigenvalue weighted by Crippen LogP contribution is -2.17. The molecular formula is C11H6Cl2F3NO. The molecule has 0 spiro atoms. The summed E-state index contributed by atoms with van der Waals surface area (Å²) in [5.74, 6) is -0.362. The molecule has 0 aliphatic rings. The molecule has 2 rings (SSSR count). The SMILES string of the molecule is Cc1nc2ccc(OC(F)(F)F)cc2c(Cl)c1Cl. The molecule has 0 atom stereocenters. The molecule has 0 saturated carbocycles. The molecule has 0 aliphatic heterocycles. The summed E-state index contributed by atoms with van der Waals surface area (Å²) < 4.78 is 40.1. The molecule has 96 valence electrons. The van der Waals surface area contributed by atoms with Gasteiger partial charge in [-0.25, -0.2) is 0 Å². The first-order valence-corrected chi connectivity index (χ1v) is 5.54. The normalized spacial score (nSPS) is 11.9. The Balaban J connectivity index is 2.58. The van der Waals surface area contributed by atoms with Crippen molar-refractivity contribution in [2.45, 2.75) is 13.3 Å². The molecule has 0 saturated heterocycles. The third-order valence-electron chi connectivity index (χ3n) is 2.24. The highest BCUT2D eigenvalue weighted by molar-refractivity contribution is 6.45. The molecule has 0 unspecified atom stereocenters. The van der Waals surface area contributed by atoms with E-state index in [9.17, 15) is 13.2 Å². The molecule has 1 aromatic heterocycles. The second-order valence-corrected chi connectivity index (χ2v) is 4.31. The third-order valence-corrected chi connectivity index (χ3v) is 3.19. The number of nitrogens with zero attached hydrogens (tertiary/aromatic N) is 1. The Kier molecular flexibility index (Phi) is 3.29. The summed E-state index contributed by atoms with van der Waals surface area (Å²) in [6, 6.07) is 3.72. The highest BCUT2D eigenvalue weighted by Gasteiger charge is 2.31. The van der Waals surface area contributed by atoms with E-state index in [0.29, 0.717) is 16.6 Å². The van der Waals surface area contributed by atoms with Crippen molar-refractivity contribution in [3.05, 3.63) is 33.9 Å². The van der Waals surface area contributed by atoms with E-state index in [2.05, 4.69) is 9.72 Å². The van der Waals surface area contributed by atoms with Crippen molar-refractivity contribution >= 4 is 34.1 Å². The fraction of sp³-hybridized carbons (Fsp3) is 0.182. The van der Waals surface area contributed by atoms with Crippen LogP contribution >= 0.6 is 23.2 Å². The fourth-order valence-electron chi connectivity index (χ4n) is 1.49. The Morgan fingerprint density at radius 3 is 2.44 bits per heavy atom. The fourth-order valence-corrected chi connectivity index (χ4v) is 1.92. The maximum absolute atomic E-state index is 12.1. The number of aromatic nitrogens is 1. The van der Waals surface area contributed by atoms with E-state index in [1.807, 2.05) is 0 Å². The summed E-state index contributed by atoms with van der Waals surface area (Å²) in [4.78, 5) is 4.12. The lowest BCUT2D eigenvalue weighted by atomic mass is 10.2. The van der Waals surface area contributed by atoms with Crippen molar-refractivity contribution in [3.63, 3.8) is 0 Å². The number of benzene rings is 1. The first-order valence-electron chi connectivity index (χ1n) is 4.79. The van der Waals surface area contributed by atoms with Crippen LogP contribution in [0.4, 0.5) is 13.2 Å². The zero-order valence-corrected chi connectivity index (χ0v) is 10.5. The molecule has 0 radical (unpaired) electrons. The predicted octanol–water partition coefficient (Wildman–Crippen LogP) is 4.75. The smallest absolute Gasteiger partial charge is 0.406 e.